The molecule has 0 aliphatic carbocycles. The summed E-state index contributed by atoms with van der Waals surface area (Å²) in [5.74, 6) is -0.886. The number of carbonyl (C=O) groups excluding carboxylic acids is 2. The van der Waals surface area contributed by atoms with E-state index in [1.807, 2.05) is 6.20 Å². The van der Waals surface area contributed by atoms with Gasteiger partial charge in [-0.1, -0.05) is 17.7 Å². The molecule has 7 heteroatoms. The number of hydrogen-bond acceptors (Lipinski definition) is 4. The Bertz CT molecular complexity index is 652. The first kappa shape index (κ1) is 13.6. The highest BCUT2D eigenvalue weighted by atomic mass is 35.5. The molecule has 1 aromatic carbocycles. The Kier molecular flexibility index (Phi) is 3.87. The summed E-state index contributed by atoms with van der Waals surface area (Å²) in [6, 6.07) is 4.74. The van der Waals surface area contributed by atoms with E-state index in [2.05, 4.69) is 9.84 Å². The molecule has 1 aromatic heterocycles. The van der Waals surface area contributed by atoms with Crippen LogP contribution >= 0.6 is 23.2 Å². The molecule has 0 spiro atoms. The van der Waals surface area contributed by atoms with Gasteiger partial charge in [0, 0.05) is 30.4 Å². The summed E-state index contributed by atoms with van der Waals surface area (Å²) in [6.07, 6.45) is 3.48. The van der Waals surface area contributed by atoms with Crippen molar-refractivity contribution in [2.24, 2.45) is 7.05 Å². The highest BCUT2D eigenvalue weighted by molar-refractivity contribution is 6.62. The predicted molar refractivity (Wildman–Crippen MR) is 70.3 cm³/mol. The second kappa shape index (κ2) is 5.42. The number of esters is 1. The molecule has 0 bridgehead atoms. The predicted octanol–water partition coefficient (Wildman–Crippen LogP) is 3.26. The summed E-state index contributed by atoms with van der Waals surface area (Å²) < 4.78 is 5.90. The smallest absolute Gasteiger partial charge is 0.377 e. The standard InChI is InChI=1S/C12H8Cl2N2O3/c1-16-6-8(5-15-16)7-2-3-9(10(13)4-7)11(17)19-12(14)18/h2-6H,1H3. The minimum absolute atomic E-state index is 0.0725. The van der Waals surface area contributed by atoms with Crippen molar-refractivity contribution in [3.05, 3.63) is 41.2 Å². The first-order valence-electron chi connectivity index (χ1n) is 5.17. The number of ether oxygens (including phenoxy) is 1. The van der Waals surface area contributed by atoms with Crippen LogP contribution in [0, 0.1) is 0 Å². The molecule has 0 aliphatic heterocycles. The van der Waals surface area contributed by atoms with Crippen LogP contribution in [0.2, 0.25) is 5.02 Å². The maximum absolute atomic E-state index is 11.5. The van der Waals surface area contributed by atoms with Gasteiger partial charge in [-0.05, 0) is 17.7 Å². The second-order valence-corrected chi connectivity index (χ2v) is 4.44. The van der Waals surface area contributed by atoms with Gasteiger partial charge < -0.3 is 4.74 Å². The van der Waals surface area contributed by atoms with E-state index in [4.69, 9.17) is 23.2 Å². The highest BCUT2D eigenvalue weighted by Crippen LogP contribution is 2.25. The summed E-state index contributed by atoms with van der Waals surface area (Å²) in [6.45, 7) is 0. The molecule has 19 heavy (non-hydrogen) atoms. The minimum atomic E-state index is -1.20. The zero-order chi connectivity index (χ0) is 14.0. The Morgan fingerprint density at radius 2 is 2.05 bits per heavy atom. The number of nitrogens with zero attached hydrogens (tertiary/aromatic N) is 2. The van der Waals surface area contributed by atoms with Crippen molar-refractivity contribution in [2.75, 3.05) is 0 Å². The van der Waals surface area contributed by atoms with Crippen molar-refractivity contribution in [3.63, 3.8) is 0 Å². The van der Waals surface area contributed by atoms with E-state index in [0.29, 0.717) is 0 Å². The van der Waals surface area contributed by atoms with Crippen LogP contribution in [-0.2, 0) is 11.8 Å². The molecule has 0 amide bonds. The molecule has 0 unspecified atom stereocenters. The Morgan fingerprint density at radius 1 is 1.32 bits per heavy atom. The van der Waals surface area contributed by atoms with Crippen LogP contribution < -0.4 is 0 Å². The van der Waals surface area contributed by atoms with E-state index in [1.165, 1.54) is 6.07 Å². The Balaban J connectivity index is 2.32. The monoisotopic (exact) mass is 298 g/mol. The fraction of sp³-hybridized carbons (Fsp3) is 0.0833. The van der Waals surface area contributed by atoms with Gasteiger partial charge in [-0.3, -0.25) is 4.68 Å². The lowest BCUT2D eigenvalue weighted by Gasteiger charge is -2.04. The van der Waals surface area contributed by atoms with Crippen LogP contribution in [-0.4, -0.2) is 21.2 Å². The van der Waals surface area contributed by atoms with E-state index in [0.717, 1.165) is 11.1 Å². The van der Waals surface area contributed by atoms with Crippen molar-refractivity contribution < 1.29 is 14.3 Å². The van der Waals surface area contributed by atoms with Crippen molar-refractivity contribution in [1.82, 2.24) is 9.78 Å². The fourth-order valence-corrected chi connectivity index (χ4v) is 1.89. The van der Waals surface area contributed by atoms with Crippen LogP contribution in [0.5, 0.6) is 0 Å². The number of hydrogen-bond donors (Lipinski definition) is 0. The molecule has 0 fully saturated rings. The average Bonchev–Trinajstić information content (AvgIpc) is 2.74. The molecule has 0 saturated carbocycles. The SMILES string of the molecule is Cn1cc(-c2ccc(C(=O)OC(=O)Cl)c(Cl)c2)cn1. The van der Waals surface area contributed by atoms with Gasteiger partial charge in [0.1, 0.15) is 0 Å². The van der Waals surface area contributed by atoms with Gasteiger partial charge in [-0.2, -0.15) is 5.10 Å². The van der Waals surface area contributed by atoms with Gasteiger partial charge >= 0.3 is 11.4 Å². The molecular formula is C12H8Cl2N2O3. The third kappa shape index (κ3) is 3.13. The largest absolute Gasteiger partial charge is 0.411 e. The van der Waals surface area contributed by atoms with Crippen LogP contribution in [0.3, 0.4) is 0 Å². The van der Waals surface area contributed by atoms with Crippen molar-refractivity contribution in [2.45, 2.75) is 0 Å². The first-order chi connectivity index (χ1) is 8.97. The third-order valence-electron chi connectivity index (χ3n) is 2.40. The van der Waals surface area contributed by atoms with Crippen molar-refractivity contribution in [1.29, 1.82) is 0 Å². The molecule has 1 heterocycles. The number of carbonyl (C=O) groups is 2. The van der Waals surface area contributed by atoms with Gasteiger partial charge in [0.2, 0.25) is 0 Å². The van der Waals surface area contributed by atoms with Gasteiger partial charge in [0.25, 0.3) is 0 Å². The van der Waals surface area contributed by atoms with Crippen LogP contribution in [0.4, 0.5) is 4.79 Å². The van der Waals surface area contributed by atoms with E-state index < -0.39 is 11.4 Å². The number of halogens is 2. The Morgan fingerprint density at radius 3 is 2.58 bits per heavy atom. The number of aromatic nitrogens is 2. The Hall–Kier alpha value is -1.85. The van der Waals surface area contributed by atoms with E-state index >= 15 is 0 Å². The number of benzene rings is 1. The maximum atomic E-state index is 11.5. The molecular weight excluding hydrogens is 291 g/mol. The van der Waals surface area contributed by atoms with E-state index in [9.17, 15) is 9.59 Å². The lowest BCUT2D eigenvalue weighted by molar-refractivity contribution is 0.0662. The summed E-state index contributed by atoms with van der Waals surface area (Å²) >= 11 is 11.0. The molecule has 2 rings (SSSR count). The maximum Gasteiger partial charge on any atom is 0.411 e. The molecule has 2 aromatic rings. The molecule has 0 aliphatic rings. The van der Waals surface area contributed by atoms with Crippen LogP contribution in [0.1, 0.15) is 10.4 Å². The lowest BCUT2D eigenvalue weighted by atomic mass is 10.1. The van der Waals surface area contributed by atoms with Gasteiger partial charge in [0.05, 0.1) is 16.8 Å². The average molecular weight is 299 g/mol. The zero-order valence-electron chi connectivity index (χ0n) is 9.76. The third-order valence-corrected chi connectivity index (χ3v) is 2.79. The Labute approximate surface area is 118 Å². The molecule has 0 N–H and O–H groups in total. The van der Waals surface area contributed by atoms with Gasteiger partial charge in [-0.25, -0.2) is 9.59 Å². The summed E-state index contributed by atoms with van der Waals surface area (Å²) in [5, 5.41) is 4.21. The van der Waals surface area contributed by atoms with E-state index in [1.54, 1.807) is 30.1 Å². The normalized spacial score (nSPS) is 10.3. The van der Waals surface area contributed by atoms with Gasteiger partial charge in [-0.15, -0.1) is 0 Å². The second-order valence-electron chi connectivity index (χ2n) is 3.72. The van der Waals surface area contributed by atoms with E-state index in [-0.39, 0.29) is 10.6 Å². The van der Waals surface area contributed by atoms with Crippen molar-refractivity contribution in [3.8, 4) is 11.1 Å². The molecule has 98 valence electrons. The first-order valence-corrected chi connectivity index (χ1v) is 5.93. The fourth-order valence-electron chi connectivity index (χ4n) is 1.56. The zero-order valence-corrected chi connectivity index (χ0v) is 11.3. The summed E-state index contributed by atoms with van der Waals surface area (Å²) in [4.78, 5) is 22.0. The quantitative estimate of drug-likeness (QED) is 0.485. The summed E-state index contributed by atoms with van der Waals surface area (Å²) in [5.41, 5.74) is 0.533. The molecule has 0 saturated heterocycles. The molecule has 5 nitrogen and oxygen atoms in total. The number of aryl methyl sites for hydroxylation is 1. The van der Waals surface area contributed by atoms with Crippen LogP contribution in [0.15, 0.2) is 30.6 Å². The number of rotatable bonds is 2. The lowest BCUT2D eigenvalue weighted by Crippen LogP contribution is -2.07. The van der Waals surface area contributed by atoms with Gasteiger partial charge in [0.15, 0.2) is 0 Å². The highest BCUT2D eigenvalue weighted by Gasteiger charge is 2.15. The molecule has 0 atom stereocenters. The topological polar surface area (TPSA) is 61.2 Å². The molecule has 0 radical (unpaired) electrons. The summed E-state index contributed by atoms with van der Waals surface area (Å²) in [7, 11) is 1.79. The van der Waals surface area contributed by atoms with Crippen molar-refractivity contribution >= 4 is 34.6 Å². The van der Waals surface area contributed by atoms with Crippen LogP contribution in [0.25, 0.3) is 11.1 Å². The minimum Gasteiger partial charge on any atom is -0.377 e.